The van der Waals surface area contributed by atoms with Gasteiger partial charge in [-0.3, -0.25) is 0 Å². The van der Waals surface area contributed by atoms with Crippen molar-refractivity contribution in [3.05, 3.63) is 0 Å². The Labute approximate surface area is 94.0 Å². The van der Waals surface area contributed by atoms with Gasteiger partial charge >= 0.3 is 0 Å². The first-order valence-electron chi connectivity index (χ1n) is 6.45. The van der Waals surface area contributed by atoms with Crippen molar-refractivity contribution < 1.29 is 9.84 Å². The van der Waals surface area contributed by atoms with Gasteiger partial charge in [-0.25, -0.2) is 0 Å². The molecular weight excluding hydrogens is 188 g/mol. The maximum Gasteiger partial charge on any atom is 0.0569 e. The first-order valence-corrected chi connectivity index (χ1v) is 6.45. The summed E-state index contributed by atoms with van der Waals surface area (Å²) >= 11 is 0. The van der Waals surface area contributed by atoms with Gasteiger partial charge in [-0.05, 0) is 37.5 Å². The zero-order valence-electron chi connectivity index (χ0n) is 10.2. The van der Waals surface area contributed by atoms with E-state index in [2.05, 4.69) is 6.92 Å². The fourth-order valence-electron chi connectivity index (χ4n) is 2.65. The molecule has 1 N–H and O–H groups in total. The minimum absolute atomic E-state index is 0.0852. The van der Waals surface area contributed by atoms with Gasteiger partial charge in [0.15, 0.2) is 0 Å². The largest absolute Gasteiger partial charge is 0.393 e. The molecule has 0 bridgehead atoms. The fraction of sp³-hybridized carbons (Fsp3) is 1.00. The van der Waals surface area contributed by atoms with Crippen molar-refractivity contribution in [1.29, 1.82) is 0 Å². The Hall–Kier alpha value is -0.0800. The summed E-state index contributed by atoms with van der Waals surface area (Å²) in [7, 11) is 1.72. The van der Waals surface area contributed by atoms with Crippen molar-refractivity contribution in [3.63, 3.8) is 0 Å². The van der Waals surface area contributed by atoms with E-state index in [4.69, 9.17) is 4.74 Å². The zero-order valence-corrected chi connectivity index (χ0v) is 10.2. The molecule has 90 valence electrons. The second-order valence-electron chi connectivity index (χ2n) is 4.89. The molecular formula is C13H26O2. The number of rotatable bonds is 6. The van der Waals surface area contributed by atoms with E-state index < -0.39 is 0 Å². The Bertz CT molecular complexity index is 151. The zero-order chi connectivity index (χ0) is 11.1. The van der Waals surface area contributed by atoms with Gasteiger partial charge in [0, 0.05) is 13.7 Å². The summed E-state index contributed by atoms with van der Waals surface area (Å²) in [4.78, 5) is 0. The van der Waals surface area contributed by atoms with Crippen LogP contribution in [0.25, 0.3) is 0 Å². The molecule has 1 fully saturated rings. The molecule has 0 aromatic rings. The van der Waals surface area contributed by atoms with Crippen LogP contribution in [0.1, 0.15) is 51.9 Å². The van der Waals surface area contributed by atoms with E-state index in [1.54, 1.807) is 7.11 Å². The molecule has 0 aliphatic heterocycles. The van der Waals surface area contributed by atoms with Crippen molar-refractivity contribution in [2.75, 3.05) is 13.7 Å². The summed E-state index contributed by atoms with van der Waals surface area (Å²) in [5.41, 5.74) is 0. The second-order valence-corrected chi connectivity index (χ2v) is 4.89. The maximum absolute atomic E-state index is 10.0. The van der Waals surface area contributed by atoms with Crippen LogP contribution in [0.2, 0.25) is 0 Å². The lowest BCUT2D eigenvalue weighted by Crippen LogP contribution is -2.25. The lowest BCUT2D eigenvalue weighted by Gasteiger charge is -2.31. The van der Waals surface area contributed by atoms with E-state index in [1.807, 2.05) is 0 Å². The van der Waals surface area contributed by atoms with Crippen LogP contribution in [0, 0.1) is 11.8 Å². The lowest BCUT2D eigenvalue weighted by molar-refractivity contribution is 0.0575. The van der Waals surface area contributed by atoms with E-state index in [1.165, 1.54) is 32.1 Å². The molecule has 0 amide bonds. The predicted octanol–water partition coefficient (Wildman–Crippen LogP) is 2.99. The van der Waals surface area contributed by atoms with Crippen LogP contribution in [0.15, 0.2) is 0 Å². The first-order chi connectivity index (χ1) is 7.27. The molecule has 1 unspecified atom stereocenters. The van der Waals surface area contributed by atoms with Crippen LogP contribution in [-0.4, -0.2) is 24.9 Å². The fourth-order valence-corrected chi connectivity index (χ4v) is 2.65. The molecule has 1 saturated carbocycles. The van der Waals surface area contributed by atoms with E-state index in [0.29, 0.717) is 5.92 Å². The summed E-state index contributed by atoms with van der Waals surface area (Å²) in [6, 6.07) is 0. The van der Waals surface area contributed by atoms with E-state index in [9.17, 15) is 5.11 Å². The quantitative estimate of drug-likeness (QED) is 0.689. The number of hydrogen-bond acceptors (Lipinski definition) is 2. The summed E-state index contributed by atoms with van der Waals surface area (Å²) in [5.74, 6) is 1.48. The van der Waals surface area contributed by atoms with Crippen LogP contribution in [-0.2, 0) is 4.74 Å². The molecule has 0 aromatic heterocycles. The van der Waals surface area contributed by atoms with Crippen LogP contribution in [0.3, 0.4) is 0 Å². The van der Waals surface area contributed by atoms with Crippen molar-refractivity contribution in [2.45, 2.75) is 58.0 Å². The highest BCUT2D eigenvalue weighted by Gasteiger charge is 2.25. The molecule has 0 saturated heterocycles. The Balaban J connectivity index is 2.15. The Morgan fingerprint density at radius 2 is 1.93 bits per heavy atom. The number of ether oxygens (including phenoxy) is 1. The average Bonchev–Trinajstić information content (AvgIpc) is 2.29. The highest BCUT2D eigenvalue weighted by molar-refractivity contribution is 4.76. The van der Waals surface area contributed by atoms with Gasteiger partial charge in [0.1, 0.15) is 0 Å². The van der Waals surface area contributed by atoms with Gasteiger partial charge < -0.3 is 9.84 Å². The third-order valence-corrected chi connectivity index (χ3v) is 3.86. The smallest absolute Gasteiger partial charge is 0.0569 e. The Morgan fingerprint density at radius 3 is 2.47 bits per heavy atom. The van der Waals surface area contributed by atoms with Crippen LogP contribution >= 0.6 is 0 Å². The molecule has 15 heavy (non-hydrogen) atoms. The number of methoxy groups -OCH3 is 1. The van der Waals surface area contributed by atoms with E-state index >= 15 is 0 Å². The normalized spacial score (nSPS) is 29.0. The molecule has 0 heterocycles. The minimum Gasteiger partial charge on any atom is -0.393 e. The SMILES string of the molecule is CCC1CCC(C(O)CCCOC)CC1. The topological polar surface area (TPSA) is 29.5 Å². The predicted molar refractivity (Wildman–Crippen MR) is 62.9 cm³/mol. The van der Waals surface area contributed by atoms with Gasteiger partial charge in [-0.15, -0.1) is 0 Å². The van der Waals surface area contributed by atoms with Gasteiger partial charge in [0.2, 0.25) is 0 Å². The van der Waals surface area contributed by atoms with Crippen molar-refractivity contribution in [1.82, 2.24) is 0 Å². The van der Waals surface area contributed by atoms with Crippen molar-refractivity contribution in [3.8, 4) is 0 Å². The van der Waals surface area contributed by atoms with E-state index in [0.717, 1.165) is 25.4 Å². The molecule has 1 aliphatic carbocycles. The lowest BCUT2D eigenvalue weighted by atomic mass is 9.77. The molecule has 1 rings (SSSR count). The van der Waals surface area contributed by atoms with Crippen molar-refractivity contribution >= 4 is 0 Å². The van der Waals surface area contributed by atoms with Crippen molar-refractivity contribution in [2.24, 2.45) is 11.8 Å². The molecule has 1 aliphatic rings. The molecule has 0 aromatic carbocycles. The molecule has 0 radical (unpaired) electrons. The second kappa shape index (κ2) is 7.24. The Kier molecular flexibility index (Phi) is 6.26. The summed E-state index contributed by atoms with van der Waals surface area (Å²) in [6.07, 6.45) is 8.23. The molecule has 2 heteroatoms. The first kappa shape index (κ1) is 13.0. The number of aliphatic hydroxyl groups excluding tert-OH is 1. The number of hydrogen-bond donors (Lipinski definition) is 1. The van der Waals surface area contributed by atoms with Gasteiger partial charge in [-0.2, -0.15) is 0 Å². The molecule has 0 spiro atoms. The highest BCUT2D eigenvalue weighted by Crippen LogP contribution is 2.33. The summed E-state index contributed by atoms with van der Waals surface area (Å²) in [6.45, 7) is 3.06. The highest BCUT2D eigenvalue weighted by atomic mass is 16.5. The van der Waals surface area contributed by atoms with Gasteiger partial charge in [0.05, 0.1) is 6.10 Å². The average molecular weight is 214 g/mol. The monoisotopic (exact) mass is 214 g/mol. The third kappa shape index (κ3) is 4.52. The van der Waals surface area contributed by atoms with Gasteiger partial charge in [-0.1, -0.05) is 26.2 Å². The summed E-state index contributed by atoms with van der Waals surface area (Å²) < 4.78 is 5.00. The standard InChI is InChI=1S/C13H26O2/c1-3-11-6-8-12(9-7-11)13(14)5-4-10-15-2/h11-14H,3-10H2,1-2H3. The maximum atomic E-state index is 10.0. The molecule has 2 nitrogen and oxygen atoms in total. The minimum atomic E-state index is -0.0852. The van der Waals surface area contributed by atoms with Crippen LogP contribution in [0.4, 0.5) is 0 Å². The van der Waals surface area contributed by atoms with E-state index in [-0.39, 0.29) is 6.10 Å². The Morgan fingerprint density at radius 1 is 1.27 bits per heavy atom. The van der Waals surface area contributed by atoms with Gasteiger partial charge in [0.25, 0.3) is 0 Å². The molecule has 1 atom stereocenters. The third-order valence-electron chi connectivity index (χ3n) is 3.86. The number of aliphatic hydroxyl groups is 1. The summed E-state index contributed by atoms with van der Waals surface area (Å²) in [5, 5.41) is 10.0. The van der Waals surface area contributed by atoms with Crippen LogP contribution < -0.4 is 0 Å². The van der Waals surface area contributed by atoms with Crippen LogP contribution in [0.5, 0.6) is 0 Å².